The molecule has 6 unspecified atom stereocenters. The molecular weight excluding hydrogens is 224 g/mol. The Bertz CT molecular complexity index is 334. The second kappa shape index (κ2) is 3.52. The van der Waals surface area contributed by atoms with Gasteiger partial charge in [0.1, 0.15) is 0 Å². The maximum Gasteiger partial charge on any atom is 0.0923 e. The Kier molecular flexibility index (Phi) is 2.29. The summed E-state index contributed by atoms with van der Waals surface area (Å²) in [7, 11) is 0. The van der Waals surface area contributed by atoms with Crippen molar-refractivity contribution in [2.24, 2.45) is 17.8 Å². The van der Waals surface area contributed by atoms with E-state index in [-0.39, 0.29) is 11.2 Å². The highest BCUT2D eigenvalue weighted by molar-refractivity contribution is 5.07. The molecule has 0 spiro atoms. The van der Waals surface area contributed by atoms with Crippen molar-refractivity contribution in [3.63, 3.8) is 0 Å². The van der Waals surface area contributed by atoms with Gasteiger partial charge >= 0.3 is 0 Å². The third kappa shape index (κ3) is 1.68. The lowest BCUT2D eigenvalue weighted by Gasteiger charge is -2.36. The van der Waals surface area contributed by atoms with Crippen molar-refractivity contribution in [3.8, 4) is 0 Å². The molecule has 2 heteroatoms. The second-order valence-electron chi connectivity index (χ2n) is 7.78. The SMILES string of the molecule is CC(C1CCC2OC2(C)C1)C1CCC2OC2(C)C1. The molecule has 2 aliphatic carbocycles. The van der Waals surface area contributed by atoms with Crippen LogP contribution < -0.4 is 0 Å². The lowest BCUT2D eigenvalue weighted by Crippen LogP contribution is -2.34. The number of hydrogen-bond donors (Lipinski definition) is 0. The third-order valence-electron chi connectivity index (χ3n) is 6.49. The summed E-state index contributed by atoms with van der Waals surface area (Å²) in [5.41, 5.74) is 0.517. The average Bonchev–Trinajstić information content (AvgIpc) is 3.18. The predicted molar refractivity (Wildman–Crippen MR) is 70.4 cm³/mol. The Morgan fingerprint density at radius 1 is 0.833 bits per heavy atom. The Morgan fingerprint density at radius 3 is 1.67 bits per heavy atom. The zero-order chi connectivity index (χ0) is 12.5. The lowest BCUT2D eigenvalue weighted by molar-refractivity contribution is 0.139. The molecule has 4 fully saturated rings. The van der Waals surface area contributed by atoms with Crippen LogP contribution in [-0.2, 0) is 9.47 Å². The molecule has 4 aliphatic rings. The van der Waals surface area contributed by atoms with Gasteiger partial charge in [0.05, 0.1) is 23.4 Å². The zero-order valence-corrected chi connectivity index (χ0v) is 11.9. The normalized spacial score (nSPS) is 59.5. The van der Waals surface area contributed by atoms with Crippen LogP contribution in [0.25, 0.3) is 0 Å². The van der Waals surface area contributed by atoms with Gasteiger partial charge in [0.15, 0.2) is 0 Å². The molecule has 2 nitrogen and oxygen atoms in total. The summed E-state index contributed by atoms with van der Waals surface area (Å²) < 4.78 is 11.7. The van der Waals surface area contributed by atoms with Gasteiger partial charge in [-0.15, -0.1) is 0 Å². The minimum atomic E-state index is 0.258. The standard InChI is InChI=1S/C16H26O2/c1-10(11-4-6-13-15(2,8-11)17-13)12-5-7-14-16(3,9-12)18-14/h10-14H,4-9H2,1-3H3. The minimum absolute atomic E-state index is 0.258. The van der Waals surface area contributed by atoms with Crippen LogP contribution in [0.2, 0.25) is 0 Å². The first-order chi connectivity index (χ1) is 8.50. The van der Waals surface area contributed by atoms with Crippen LogP contribution in [0, 0.1) is 17.8 Å². The van der Waals surface area contributed by atoms with E-state index in [1.54, 1.807) is 0 Å². The Balaban J connectivity index is 1.41. The van der Waals surface area contributed by atoms with Crippen molar-refractivity contribution in [2.45, 2.75) is 82.7 Å². The van der Waals surface area contributed by atoms with Gasteiger partial charge in [-0.05, 0) is 70.1 Å². The van der Waals surface area contributed by atoms with Gasteiger partial charge in [0.25, 0.3) is 0 Å². The molecule has 2 aliphatic heterocycles. The van der Waals surface area contributed by atoms with Gasteiger partial charge in [0.2, 0.25) is 0 Å². The molecule has 2 heterocycles. The molecule has 4 rings (SSSR count). The number of hydrogen-bond acceptors (Lipinski definition) is 2. The largest absolute Gasteiger partial charge is 0.366 e. The molecule has 0 amide bonds. The zero-order valence-electron chi connectivity index (χ0n) is 11.9. The Morgan fingerprint density at radius 2 is 1.28 bits per heavy atom. The van der Waals surface area contributed by atoms with Gasteiger partial charge in [-0.3, -0.25) is 0 Å². The summed E-state index contributed by atoms with van der Waals surface area (Å²) in [5.74, 6) is 2.63. The van der Waals surface area contributed by atoms with Gasteiger partial charge < -0.3 is 9.47 Å². The summed E-state index contributed by atoms with van der Waals surface area (Å²) in [6.45, 7) is 7.13. The van der Waals surface area contributed by atoms with Crippen molar-refractivity contribution in [2.75, 3.05) is 0 Å². The van der Waals surface area contributed by atoms with Gasteiger partial charge in [-0.25, -0.2) is 0 Å². The molecular formula is C16H26O2. The van der Waals surface area contributed by atoms with Crippen LogP contribution in [0.1, 0.15) is 59.3 Å². The van der Waals surface area contributed by atoms with Crippen molar-refractivity contribution < 1.29 is 9.47 Å². The molecule has 0 aromatic carbocycles. The smallest absolute Gasteiger partial charge is 0.0923 e. The molecule has 0 bridgehead atoms. The Hall–Kier alpha value is -0.0800. The van der Waals surface area contributed by atoms with Crippen molar-refractivity contribution in [3.05, 3.63) is 0 Å². The summed E-state index contributed by atoms with van der Waals surface area (Å²) >= 11 is 0. The van der Waals surface area contributed by atoms with E-state index in [0.29, 0.717) is 12.2 Å². The molecule has 0 radical (unpaired) electrons. The highest BCUT2D eigenvalue weighted by Crippen LogP contribution is 2.56. The maximum absolute atomic E-state index is 5.86. The van der Waals surface area contributed by atoms with Crippen LogP contribution >= 0.6 is 0 Å². The van der Waals surface area contributed by atoms with Crippen molar-refractivity contribution in [1.82, 2.24) is 0 Å². The van der Waals surface area contributed by atoms with Crippen LogP contribution in [0.15, 0.2) is 0 Å². The van der Waals surface area contributed by atoms with Crippen LogP contribution in [0.4, 0.5) is 0 Å². The topological polar surface area (TPSA) is 25.1 Å². The predicted octanol–water partition coefficient (Wildman–Crippen LogP) is 3.54. The highest BCUT2D eigenvalue weighted by Gasteiger charge is 2.59. The van der Waals surface area contributed by atoms with Crippen molar-refractivity contribution in [1.29, 1.82) is 0 Å². The van der Waals surface area contributed by atoms with Crippen LogP contribution in [0.5, 0.6) is 0 Å². The average molecular weight is 250 g/mol. The summed E-state index contributed by atoms with van der Waals surface area (Å²) in [6.07, 6.45) is 9.18. The molecule has 0 N–H and O–H groups in total. The van der Waals surface area contributed by atoms with E-state index in [0.717, 1.165) is 17.8 Å². The van der Waals surface area contributed by atoms with E-state index in [9.17, 15) is 0 Å². The second-order valence-corrected chi connectivity index (χ2v) is 7.78. The molecule has 0 aromatic rings. The van der Waals surface area contributed by atoms with E-state index < -0.39 is 0 Å². The van der Waals surface area contributed by atoms with E-state index in [2.05, 4.69) is 20.8 Å². The molecule has 6 atom stereocenters. The van der Waals surface area contributed by atoms with Crippen LogP contribution in [-0.4, -0.2) is 23.4 Å². The van der Waals surface area contributed by atoms with E-state index in [1.165, 1.54) is 38.5 Å². The van der Waals surface area contributed by atoms with Gasteiger partial charge in [-0.2, -0.15) is 0 Å². The summed E-state index contributed by atoms with van der Waals surface area (Å²) in [5, 5.41) is 0. The van der Waals surface area contributed by atoms with Gasteiger partial charge in [0, 0.05) is 0 Å². The minimum Gasteiger partial charge on any atom is -0.366 e. The van der Waals surface area contributed by atoms with Gasteiger partial charge in [-0.1, -0.05) is 6.92 Å². The first kappa shape index (κ1) is 11.7. The molecule has 102 valence electrons. The maximum atomic E-state index is 5.86. The van der Waals surface area contributed by atoms with E-state index in [1.807, 2.05) is 0 Å². The molecule has 2 saturated heterocycles. The number of rotatable bonds is 2. The molecule has 2 saturated carbocycles. The van der Waals surface area contributed by atoms with E-state index in [4.69, 9.17) is 9.47 Å². The van der Waals surface area contributed by atoms with Crippen molar-refractivity contribution >= 4 is 0 Å². The number of fused-ring (bicyclic) bond motifs is 2. The Labute approximate surface area is 110 Å². The lowest BCUT2D eigenvalue weighted by atomic mass is 9.67. The third-order valence-corrected chi connectivity index (χ3v) is 6.49. The molecule has 0 aromatic heterocycles. The number of epoxide rings is 2. The van der Waals surface area contributed by atoms with Crippen LogP contribution in [0.3, 0.4) is 0 Å². The fourth-order valence-electron chi connectivity index (χ4n) is 4.93. The van der Waals surface area contributed by atoms with E-state index >= 15 is 0 Å². The quantitative estimate of drug-likeness (QED) is 0.700. The summed E-state index contributed by atoms with van der Waals surface area (Å²) in [6, 6.07) is 0. The first-order valence-electron chi connectivity index (χ1n) is 7.86. The fourth-order valence-corrected chi connectivity index (χ4v) is 4.93. The molecule has 18 heavy (non-hydrogen) atoms. The fraction of sp³-hybridized carbons (Fsp3) is 1.00. The first-order valence-corrected chi connectivity index (χ1v) is 7.86. The monoisotopic (exact) mass is 250 g/mol. The highest BCUT2D eigenvalue weighted by atomic mass is 16.6. The number of ether oxygens (including phenoxy) is 2. The summed E-state index contributed by atoms with van der Waals surface area (Å²) in [4.78, 5) is 0.